The van der Waals surface area contributed by atoms with E-state index in [0.717, 1.165) is 6.42 Å². The van der Waals surface area contributed by atoms with Gasteiger partial charge in [-0.3, -0.25) is 9.59 Å². The number of carboxylic acids is 1. The number of rotatable bonds is 4. The normalized spacial score (nSPS) is 16.9. The summed E-state index contributed by atoms with van der Waals surface area (Å²) in [5.74, 6) is -1.47. The first kappa shape index (κ1) is 11.5. The Hall–Kier alpha value is -1.98. The van der Waals surface area contributed by atoms with Crippen molar-refractivity contribution in [1.82, 2.24) is 15.5 Å². The van der Waals surface area contributed by atoms with Crippen LogP contribution in [0.2, 0.25) is 0 Å². The topological polar surface area (TPSA) is 92.2 Å². The highest BCUT2D eigenvalue weighted by Crippen LogP contribution is 2.41. The lowest BCUT2D eigenvalue weighted by Gasteiger charge is -2.35. The van der Waals surface area contributed by atoms with Gasteiger partial charge in [0.1, 0.15) is 5.41 Å². The Labute approximate surface area is 98.1 Å². The van der Waals surface area contributed by atoms with Gasteiger partial charge in [-0.25, -0.2) is 0 Å². The minimum Gasteiger partial charge on any atom is -0.480 e. The van der Waals surface area contributed by atoms with Crippen molar-refractivity contribution >= 4 is 11.9 Å². The van der Waals surface area contributed by atoms with Crippen molar-refractivity contribution in [2.75, 3.05) is 0 Å². The van der Waals surface area contributed by atoms with Gasteiger partial charge in [0, 0.05) is 6.20 Å². The van der Waals surface area contributed by atoms with Crippen LogP contribution in [0, 0.1) is 5.41 Å². The van der Waals surface area contributed by atoms with Gasteiger partial charge in [0.15, 0.2) is 0 Å². The van der Waals surface area contributed by atoms with E-state index in [1.54, 1.807) is 12.1 Å². The number of nitrogens with one attached hydrogen (secondary N) is 1. The molecule has 2 rings (SSSR count). The minimum atomic E-state index is -1.22. The molecule has 1 aromatic rings. The number of carbonyl (C=O) groups excluding carboxylic acids is 1. The Bertz CT molecular complexity index is 429. The van der Waals surface area contributed by atoms with Crippen molar-refractivity contribution in [3.8, 4) is 0 Å². The molecule has 1 heterocycles. The van der Waals surface area contributed by atoms with Gasteiger partial charge in [0.05, 0.1) is 12.2 Å². The van der Waals surface area contributed by atoms with E-state index in [1.165, 1.54) is 6.20 Å². The van der Waals surface area contributed by atoms with Crippen molar-refractivity contribution < 1.29 is 14.7 Å². The first-order valence-corrected chi connectivity index (χ1v) is 5.43. The van der Waals surface area contributed by atoms with Gasteiger partial charge in [0.2, 0.25) is 5.91 Å². The standard InChI is InChI=1S/C11H13N3O3/c15-9(11(10(16)17)4-2-5-11)12-7-8-3-1-6-13-14-8/h1,3,6H,2,4-5,7H2,(H,12,15)(H,16,17). The quantitative estimate of drug-likeness (QED) is 0.734. The summed E-state index contributed by atoms with van der Waals surface area (Å²) >= 11 is 0. The van der Waals surface area contributed by atoms with Gasteiger partial charge < -0.3 is 10.4 Å². The van der Waals surface area contributed by atoms with Crippen molar-refractivity contribution in [2.24, 2.45) is 5.41 Å². The molecule has 0 atom stereocenters. The van der Waals surface area contributed by atoms with E-state index in [0.29, 0.717) is 18.5 Å². The largest absolute Gasteiger partial charge is 0.480 e. The molecule has 1 saturated carbocycles. The SMILES string of the molecule is O=C(O)C1(C(=O)NCc2cccnn2)CCC1. The zero-order valence-electron chi connectivity index (χ0n) is 9.22. The predicted octanol–water partition coefficient (Wildman–Crippen LogP) is 0.348. The van der Waals surface area contributed by atoms with Crippen LogP contribution in [0.4, 0.5) is 0 Å². The molecule has 0 bridgehead atoms. The number of aromatic nitrogens is 2. The third-order valence-corrected chi connectivity index (χ3v) is 3.11. The summed E-state index contributed by atoms with van der Waals surface area (Å²) in [6, 6.07) is 3.44. The number of nitrogens with zero attached hydrogens (tertiary/aromatic N) is 2. The molecule has 0 aromatic carbocycles. The summed E-state index contributed by atoms with van der Waals surface area (Å²) in [6.45, 7) is 0.210. The molecular weight excluding hydrogens is 222 g/mol. The highest BCUT2D eigenvalue weighted by Gasteiger charge is 2.50. The Balaban J connectivity index is 1.96. The number of hydrogen-bond donors (Lipinski definition) is 2. The van der Waals surface area contributed by atoms with Crippen LogP contribution in [0.15, 0.2) is 18.3 Å². The van der Waals surface area contributed by atoms with Gasteiger partial charge in [-0.2, -0.15) is 10.2 Å². The average Bonchev–Trinajstić information content (AvgIpc) is 2.25. The molecule has 0 spiro atoms. The maximum absolute atomic E-state index is 11.8. The summed E-state index contributed by atoms with van der Waals surface area (Å²) in [6.07, 6.45) is 3.14. The Morgan fingerprint density at radius 3 is 2.71 bits per heavy atom. The Morgan fingerprint density at radius 2 is 2.24 bits per heavy atom. The number of carbonyl (C=O) groups is 2. The molecular formula is C11H13N3O3. The van der Waals surface area contributed by atoms with Crippen molar-refractivity contribution in [3.63, 3.8) is 0 Å². The molecule has 2 N–H and O–H groups in total. The minimum absolute atomic E-state index is 0.210. The van der Waals surface area contributed by atoms with Crippen LogP contribution >= 0.6 is 0 Å². The second kappa shape index (κ2) is 4.48. The Kier molecular flexibility index (Phi) is 3.03. The third-order valence-electron chi connectivity index (χ3n) is 3.11. The summed E-state index contributed by atoms with van der Waals surface area (Å²) in [7, 11) is 0. The van der Waals surface area contributed by atoms with Gasteiger partial charge in [-0.05, 0) is 25.0 Å². The monoisotopic (exact) mass is 235 g/mol. The van der Waals surface area contributed by atoms with Gasteiger partial charge >= 0.3 is 5.97 Å². The fourth-order valence-corrected chi connectivity index (χ4v) is 1.84. The van der Waals surface area contributed by atoms with Crippen LogP contribution < -0.4 is 5.32 Å². The van der Waals surface area contributed by atoms with Gasteiger partial charge in [-0.1, -0.05) is 6.42 Å². The van der Waals surface area contributed by atoms with Crippen LogP contribution in [0.5, 0.6) is 0 Å². The summed E-state index contributed by atoms with van der Waals surface area (Å²) < 4.78 is 0. The highest BCUT2D eigenvalue weighted by molar-refractivity contribution is 6.02. The van der Waals surface area contributed by atoms with Crippen LogP contribution in [0.25, 0.3) is 0 Å². The van der Waals surface area contributed by atoms with Crippen LogP contribution in [-0.4, -0.2) is 27.2 Å². The first-order valence-electron chi connectivity index (χ1n) is 5.43. The summed E-state index contributed by atoms with van der Waals surface area (Å²) in [4.78, 5) is 22.9. The molecule has 1 aromatic heterocycles. The third kappa shape index (κ3) is 2.11. The molecule has 1 aliphatic rings. The highest BCUT2D eigenvalue weighted by atomic mass is 16.4. The second-order valence-electron chi connectivity index (χ2n) is 4.14. The number of aliphatic carboxylic acids is 1. The zero-order chi connectivity index (χ0) is 12.3. The average molecular weight is 235 g/mol. The van der Waals surface area contributed by atoms with Gasteiger partial charge in [0.25, 0.3) is 0 Å². The van der Waals surface area contributed by atoms with E-state index in [4.69, 9.17) is 5.11 Å². The fourth-order valence-electron chi connectivity index (χ4n) is 1.84. The zero-order valence-corrected chi connectivity index (χ0v) is 9.22. The molecule has 17 heavy (non-hydrogen) atoms. The number of hydrogen-bond acceptors (Lipinski definition) is 4. The second-order valence-corrected chi connectivity index (χ2v) is 4.14. The molecule has 0 saturated heterocycles. The molecule has 1 amide bonds. The molecule has 1 aliphatic carbocycles. The lowest BCUT2D eigenvalue weighted by molar-refractivity contribution is -0.162. The van der Waals surface area contributed by atoms with E-state index in [9.17, 15) is 9.59 Å². The molecule has 0 radical (unpaired) electrons. The lowest BCUT2D eigenvalue weighted by Crippen LogP contribution is -2.50. The van der Waals surface area contributed by atoms with E-state index < -0.39 is 17.3 Å². The van der Waals surface area contributed by atoms with Crippen LogP contribution in [0.1, 0.15) is 25.0 Å². The van der Waals surface area contributed by atoms with E-state index in [-0.39, 0.29) is 6.54 Å². The molecule has 0 unspecified atom stereocenters. The lowest BCUT2D eigenvalue weighted by atomic mass is 9.68. The summed E-state index contributed by atoms with van der Waals surface area (Å²) in [5.41, 5.74) is -0.608. The number of amides is 1. The molecule has 6 heteroatoms. The fraction of sp³-hybridized carbons (Fsp3) is 0.455. The van der Waals surface area contributed by atoms with Crippen molar-refractivity contribution in [1.29, 1.82) is 0 Å². The smallest absolute Gasteiger partial charge is 0.319 e. The van der Waals surface area contributed by atoms with Gasteiger partial charge in [-0.15, -0.1) is 0 Å². The molecule has 1 fully saturated rings. The summed E-state index contributed by atoms with van der Waals surface area (Å²) in [5, 5.41) is 19.1. The van der Waals surface area contributed by atoms with Crippen molar-refractivity contribution in [2.45, 2.75) is 25.8 Å². The predicted molar refractivity (Wildman–Crippen MR) is 57.8 cm³/mol. The molecule has 90 valence electrons. The van der Waals surface area contributed by atoms with Crippen molar-refractivity contribution in [3.05, 3.63) is 24.0 Å². The Morgan fingerprint density at radius 1 is 1.47 bits per heavy atom. The first-order chi connectivity index (χ1) is 8.15. The van der Waals surface area contributed by atoms with E-state index in [1.807, 2.05) is 0 Å². The van der Waals surface area contributed by atoms with E-state index >= 15 is 0 Å². The maximum atomic E-state index is 11.8. The van der Waals surface area contributed by atoms with Crippen LogP contribution in [-0.2, 0) is 16.1 Å². The van der Waals surface area contributed by atoms with Crippen LogP contribution in [0.3, 0.4) is 0 Å². The van der Waals surface area contributed by atoms with E-state index in [2.05, 4.69) is 15.5 Å². The molecule has 6 nitrogen and oxygen atoms in total. The number of carboxylic acid groups (broad SMARTS) is 1. The molecule has 0 aliphatic heterocycles. The maximum Gasteiger partial charge on any atom is 0.319 e.